The summed E-state index contributed by atoms with van der Waals surface area (Å²) in [5.41, 5.74) is 1.15. The molecule has 1 aliphatic heterocycles. The molecule has 1 aliphatic rings. The highest BCUT2D eigenvalue weighted by Gasteiger charge is 2.25. The third-order valence-electron chi connectivity index (χ3n) is 4.25. The molecule has 0 bridgehead atoms. The fourth-order valence-electron chi connectivity index (χ4n) is 2.83. The van der Waals surface area contributed by atoms with E-state index in [1.165, 1.54) is 6.07 Å². The number of amides is 1. The maximum atomic E-state index is 13.7. The Morgan fingerprint density at radius 1 is 1.25 bits per heavy atom. The maximum absolute atomic E-state index is 13.7. The van der Waals surface area contributed by atoms with Crippen molar-refractivity contribution in [3.05, 3.63) is 52.0 Å². The monoisotopic (exact) mass is 394 g/mol. The SMILES string of the molecule is CCn1cc(Br)c(C(=O)N2CCN(Cc3ccccc3F)CC2)n1. The summed E-state index contributed by atoms with van der Waals surface area (Å²) in [6, 6.07) is 6.83. The second-order valence-electron chi connectivity index (χ2n) is 5.84. The van der Waals surface area contributed by atoms with Crippen LogP contribution >= 0.6 is 15.9 Å². The third kappa shape index (κ3) is 3.67. The van der Waals surface area contributed by atoms with E-state index in [-0.39, 0.29) is 11.7 Å². The zero-order valence-electron chi connectivity index (χ0n) is 13.6. The Morgan fingerprint density at radius 3 is 2.58 bits per heavy atom. The summed E-state index contributed by atoms with van der Waals surface area (Å²) in [7, 11) is 0. The third-order valence-corrected chi connectivity index (χ3v) is 4.84. The molecule has 1 saturated heterocycles. The van der Waals surface area contributed by atoms with Gasteiger partial charge < -0.3 is 4.90 Å². The number of carbonyl (C=O) groups excluding carboxylic acids is 1. The molecule has 0 N–H and O–H groups in total. The Morgan fingerprint density at radius 2 is 1.96 bits per heavy atom. The molecule has 1 fully saturated rings. The van der Waals surface area contributed by atoms with E-state index >= 15 is 0 Å². The molecular weight excluding hydrogens is 375 g/mol. The fraction of sp³-hybridized carbons (Fsp3) is 0.412. The van der Waals surface area contributed by atoms with Gasteiger partial charge in [0.15, 0.2) is 5.69 Å². The summed E-state index contributed by atoms with van der Waals surface area (Å²) in [5.74, 6) is -0.232. The number of benzene rings is 1. The van der Waals surface area contributed by atoms with E-state index in [0.717, 1.165) is 24.1 Å². The van der Waals surface area contributed by atoms with Gasteiger partial charge in [-0.1, -0.05) is 18.2 Å². The van der Waals surface area contributed by atoms with Crippen LogP contribution in [0.1, 0.15) is 23.0 Å². The first-order valence-electron chi connectivity index (χ1n) is 8.06. The number of aryl methyl sites for hydroxylation is 1. The van der Waals surface area contributed by atoms with E-state index in [1.54, 1.807) is 16.8 Å². The number of hydrogen-bond acceptors (Lipinski definition) is 3. The Labute approximate surface area is 149 Å². The van der Waals surface area contributed by atoms with Crippen molar-refractivity contribution >= 4 is 21.8 Å². The van der Waals surface area contributed by atoms with E-state index in [2.05, 4.69) is 25.9 Å². The molecule has 0 saturated carbocycles. The molecule has 3 rings (SSSR count). The van der Waals surface area contributed by atoms with Crippen molar-refractivity contribution in [2.24, 2.45) is 0 Å². The average Bonchev–Trinajstić information content (AvgIpc) is 2.98. The van der Waals surface area contributed by atoms with Crippen molar-refractivity contribution in [2.75, 3.05) is 26.2 Å². The summed E-state index contributed by atoms with van der Waals surface area (Å²) < 4.78 is 16.2. The highest BCUT2D eigenvalue weighted by atomic mass is 79.9. The number of halogens is 2. The number of carbonyl (C=O) groups is 1. The van der Waals surface area contributed by atoms with E-state index in [4.69, 9.17) is 0 Å². The van der Waals surface area contributed by atoms with Crippen LogP contribution in [0.15, 0.2) is 34.9 Å². The van der Waals surface area contributed by atoms with Gasteiger partial charge in [-0.3, -0.25) is 14.4 Å². The van der Waals surface area contributed by atoms with Crippen LogP contribution in [-0.4, -0.2) is 51.7 Å². The van der Waals surface area contributed by atoms with E-state index < -0.39 is 0 Å². The van der Waals surface area contributed by atoms with Gasteiger partial charge in [-0.15, -0.1) is 0 Å². The van der Waals surface area contributed by atoms with Gasteiger partial charge in [0, 0.05) is 51.0 Å². The molecule has 0 unspecified atom stereocenters. The van der Waals surface area contributed by atoms with Crippen molar-refractivity contribution in [2.45, 2.75) is 20.0 Å². The number of piperazine rings is 1. The number of rotatable bonds is 4. The highest BCUT2D eigenvalue weighted by Crippen LogP contribution is 2.18. The standard InChI is InChI=1S/C17H20BrFN4O/c1-2-23-12-14(18)16(20-23)17(24)22-9-7-21(8-10-22)11-13-5-3-4-6-15(13)19/h3-6,12H,2,7-11H2,1H3. The van der Waals surface area contributed by atoms with Crippen LogP contribution in [0, 0.1) is 5.82 Å². The van der Waals surface area contributed by atoms with Gasteiger partial charge in [-0.25, -0.2) is 4.39 Å². The summed E-state index contributed by atoms with van der Waals surface area (Å²) in [5, 5.41) is 4.32. The molecule has 0 radical (unpaired) electrons. The van der Waals surface area contributed by atoms with Crippen LogP contribution in [0.3, 0.4) is 0 Å². The first kappa shape index (κ1) is 17.1. The van der Waals surface area contributed by atoms with Crippen LogP contribution in [0.5, 0.6) is 0 Å². The Bertz CT molecular complexity index is 725. The maximum Gasteiger partial charge on any atom is 0.275 e. The highest BCUT2D eigenvalue weighted by molar-refractivity contribution is 9.10. The summed E-state index contributed by atoms with van der Waals surface area (Å²) in [6.07, 6.45) is 1.82. The van der Waals surface area contributed by atoms with E-state index in [0.29, 0.717) is 30.9 Å². The van der Waals surface area contributed by atoms with Gasteiger partial charge in [-0.05, 0) is 28.9 Å². The Balaban J connectivity index is 1.59. The van der Waals surface area contributed by atoms with Gasteiger partial charge in [0.05, 0.1) is 4.47 Å². The quantitative estimate of drug-likeness (QED) is 0.800. The molecular formula is C17H20BrFN4O. The lowest BCUT2D eigenvalue weighted by molar-refractivity contribution is 0.0619. The van der Waals surface area contributed by atoms with Crippen molar-refractivity contribution in [3.63, 3.8) is 0 Å². The first-order chi connectivity index (χ1) is 11.6. The van der Waals surface area contributed by atoms with Crippen molar-refractivity contribution in [3.8, 4) is 0 Å². The number of aromatic nitrogens is 2. The molecule has 0 spiro atoms. The minimum absolute atomic E-state index is 0.0559. The van der Waals surface area contributed by atoms with E-state index in [9.17, 15) is 9.18 Å². The Kier molecular flexibility index (Phi) is 5.30. The first-order valence-corrected chi connectivity index (χ1v) is 8.85. The van der Waals surface area contributed by atoms with E-state index in [1.807, 2.05) is 24.1 Å². The second-order valence-corrected chi connectivity index (χ2v) is 6.70. The lowest BCUT2D eigenvalue weighted by atomic mass is 10.2. The topological polar surface area (TPSA) is 41.4 Å². The minimum Gasteiger partial charge on any atom is -0.335 e. The van der Waals surface area contributed by atoms with Crippen LogP contribution in [-0.2, 0) is 13.1 Å². The molecule has 1 aromatic carbocycles. The average molecular weight is 395 g/mol. The molecule has 128 valence electrons. The van der Waals surface area contributed by atoms with Crippen molar-refractivity contribution in [1.82, 2.24) is 19.6 Å². The van der Waals surface area contributed by atoms with Crippen molar-refractivity contribution in [1.29, 1.82) is 0 Å². The van der Waals surface area contributed by atoms with Crippen LogP contribution < -0.4 is 0 Å². The number of hydrogen-bond donors (Lipinski definition) is 0. The lowest BCUT2D eigenvalue weighted by Gasteiger charge is -2.34. The summed E-state index contributed by atoms with van der Waals surface area (Å²) in [6.45, 7) is 5.98. The predicted molar refractivity (Wildman–Crippen MR) is 93.2 cm³/mol. The zero-order chi connectivity index (χ0) is 17.1. The molecule has 2 aromatic rings. The van der Waals surface area contributed by atoms with Gasteiger partial charge in [-0.2, -0.15) is 5.10 Å². The smallest absolute Gasteiger partial charge is 0.275 e. The Hall–Kier alpha value is -1.73. The minimum atomic E-state index is -0.176. The van der Waals surface area contributed by atoms with Crippen LogP contribution in [0.25, 0.3) is 0 Å². The van der Waals surface area contributed by atoms with Crippen molar-refractivity contribution < 1.29 is 9.18 Å². The second kappa shape index (κ2) is 7.44. The normalized spacial score (nSPS) is 15.7. The van der Waals surface area contributed by atoms with Gasteiger partial charge in [0.25, 0.3) is 5.91 Å². The molecule has 24 heavy (non-hydrogen) atoms. The molecule has 0 atom stereocenters. The zero-order valence-corrected chi connectivity index (χ0v) is 15.2. The fourth-order valence-corrected chi connectivity index (χ4v) is 3.32. The summed E-state index contributed by atoms with van der Waals surface area (Å²) >= 11 is 3.41. The molecule has 1 aromatic heterocycles. The predicted octanol–water partition coefficient (Wildman–Crippen LogP) is 2.76. The lowest BCUT2D eigenvalue weighted by Crippen LogP contribution is -2.48. The molecule has 0 aliphatic carbocycles. The number of nitrogens with zero attached hydrogens (tertiary/aromatic N) is 4. The van der Waals surface area contributed by atoms with Gasteiger partial charge in [0.1, 0.15) is 5.82 Å². The van der Waals surface area contributed by atoms with Gasteiger partial charge >= 0.3 is 0 Å². The van der Waals surface area contributed by atoms with Gasteiger partial charge in [0.2, 0.25) is 0 Å². The largest absolute Gasteiger partial charge is 0.335 e. The summed E-state index contributed by atoms with van der Waals surface area (Å²) in [4.78, 5) is 16.6. The van der Waals surface area contributed by atoms with Crippen LogP contribution in [0.4, 0.5) is 4.39 Å². The molecule has 7 heteroatoms. The molecule has 2 heterocycles. The molecule has 5 nitrogen and oxygen atoms in total. The molecule has 1 amide bonds. The van der Waals surface area contributed by atoms with Crippen LogP contribution in [0.2, 0.25) is 0 Å².